The summed E-state index contributed by atoms with van der Waals surface area (Å²) in [5.74, 6) is 0. The zero-order valence-corrected chi connectivity index (χ0v) is 13.7. The maximum atomic E-state index is 11.9. The Morgan fingerprint density at radius 2 is 1.78 bits per heavy atom. The monoisotopic (exact) mass is 327 g/mol. The lowest BCUT2D eigenvalue weighted by Crippen LogP contribution is -2.18. The number of anilines is 2. The Morgan fingerprint density at radius 1 is 1.00 bits per heavy atom. The number of benzene rings is 2. The summed E-state index contributed by atoms with van der Waals surface area (Å²) in [7, 11) is -2.07. The van der Waals surface area contributed by atoms with Crippen molar-refractivity contribution >= 4 is 32.3 Å². The molecular weight excluding hydrogens is 310 g/mol. The lowest BCUT2D eigenvalue weighted by atomic mass is 10.1. The molecule has 0 amide bonds. The zero-order valence-electron chi connectivity index (χ0n) is 12.9. The molecule has 2 N–H and O–H groups in total. The van der Waals surface area contributed by atoms with Crippen molar-refractivity contribution in [3.63, 3.8) is 0 Å². The fourth-order valence-electron chi connectivity index (χ4n) is 2.43. The number of fused-ring (bicyclic) bond motifs is 1. The molecule has 0 aliphatic carbocycles. The lowest BCUT2D eigenvalue weighted by Gasteiger charge is -2.12. The molecule has 23 heavy (non-hydrogen) atoms. The van der Waals surface area contributed by atoms with Gasteiger partial charge in [-0.1, -0.05) is 24.3 Å². The number of hydrogen-bond acceptors (Lipinski definition) is 4. The number of nitrogens with one attached hydrogen (secondary N) is 2. The summed E-state index contributed by atoms with van der Waals surface area (Å²) < 4.78 is 26.2. The molecule has 2 aromatic carbocycles. The molecule has 1 aromatic heterocycles. The predicted octanol–water partition coefficient (Wildman–Crippen LogP) is 3.19. The van der Waals surface area contributed by atoms with E-state index in [4.69, 9.17) is 0 Å². The summed E-state index contributed by atoms with van der Waals surface area (Å²) >= 11 is 0. The van der Waals surface area contributed by atoms with Crippen LogP contribution >= 0.6 is 0 Å². The molecule has 5 nitrogen and oxygen atoms in total. The Balaban J connectivity index is 2.05. The number of aromatic nitrogens is 1. The number of nitrogens with zero attached hydrogens (tertiary/aromatic N) is 1. The second kappa shape index (κ2) is 5.98. The van der Waals surface area contributed by atoms with Gasteiger partial charge in [0.05, 0.1) is 10.4 Å². The first-order valence-corrected chi connectivity index (χ1v) is 8.65. The molecule has 0 saturated carbocycles. The van der Waals surface area contributed by atoms with Gasteiger partial charge in [0, 0.05) is 22.5 Å². The van der Waals surface area contributed by atoms with Crippen LogP contribution < -0.4 is 10.0 Å². The van der Waals surface area contributed by atoms with Gasteiger partial charge in [-0.2, -0.15) is 0 Å². The molecule has 0 atom stereocenters. The van der Waals surface area contributed by atoms with E-state index in [9.17, 15) is 8.42 Å². The van der Waals surface area contributed by atoms with Crippen LogP contribution in [-0.4, -0.2) is 20.4 Å². The largest absolute Gasteiger partial charge is 0.355 e. The molecule has 6 heteroatoms. The Hall–Kier alpha value is -2.44. The van der Waals surface area contributed by atoms with Crippen LogP contribution in [0, 0.1) is 6.92 Å². The molecule has 0 aliphatic heterocycles. The van der Waals surface area contributed by atoms with Gasteiger partial charge in [0.1, 0.15) is 0 Å². The van der Waals surface area contributed by atoms with Crippen molar-refractivity contribution in [2.75, 3.05) is 12.4 Å². The van der Waals surface area contributed by atoms with Crippen molar-refractivity contribution in [2.45, 2.75) is 11.8 Å². The predicted molar refractivity (Wildman–Crippen MR) is 92.5 cm³/mol. The fraction of sp³-hybridized carbons (Fsp3) is 0.118. The molecule has 0 bridgehead atoms. The average Bonchev–Trinajstić information content (AvgIpc) is 2.55. The zero-order chi connectivity index (χ0) is 16.4. The normalized spacial score (nSPS) is 11.6. The molecule has 0 unspecified atom stereocenters. The molecule has 0 saturated heterocycles. The van der Waals surface area contributed by atoms with Crippen LogP contribution in [0.1, 0.15) is 5.69 Å². The van der Waals surface area contributed by atoms with E-state index in [-0.39, 0.29) is 4.90 Å². The summed E-state index contributed by atoms with van der Waals surface area (Å²) in [4.78, 5) is 4.72. The first-order chi connectivity index (χ1) is 11.0. The summed E-state index contributed by atoms with van der Waals surface area (Å²) in [5.41, 5.74) is 3.39. The van der Waals surface area contributed by atoms with Crippen LogP contribution in [0.15, 0.2) is 59.5 Å². The molecule has 1 heterocycles. The van der Waals surface area contributed by atoms with Crippen molar-refractivity contribution in [2.24, 2.45) is 0 Å². The summed E-state index contributed by atoms with van der Waals surface area (Å²) in [5, 5.41) is 4.28. The number of para-hydroxylation sites is 1. The first-order valence-electron chi connectivity index (χ1n) is 7.16. The third-order valence-corrected chi connectivity index (χ3v) is 4.95. The van der Waals surface area contributed by atoms with Crippen LogP contribution in [0.3, 0.4) is 0 Å². The van der Waals surface area contributed by atoms with E-state index in [1.165, 1.54) is 7.05 Å². The maximum absolute atomic E-state index is 11.9. The molecule has 0 radical (unpaired) electrons. The third-order valence-electron chi connectivity index (χ3n) is 3.54. The Bertz CT molecular complexity index is 968. The van der Waals surface area contributed by atoms with Gasteiger partial charge >= 0.3 is 0 Å². The second-order valence-electron chi connectivity index (χ2n) is 5.19. The average molecular weight is 327 g/mol. The molecule has 0 spiro atoms. The standard InChI is InChI=1S/C17H17N3O2S/c1-12-10-17(15-8-3-4-9-16(15)19-12)20-13-6-5-7-14(11-13)23(21,22)18-2/h3-11,18H,1-2H3,(H,19,20). The third kappa shape index (κ3) is 3.18. The van der Waals surface area contributed by atoms with Crippen molar-refractivity contribution in [1.29, 1.82) is 0 Å². The number of hydrogen-bond donors (Lipinski definition) is 2. The van der Waals surface area contributed by atoms with Crippen LogP contribution in [-0.2, 0) is 10.0 Å². The summed E-state index contributed by atoms with van der Waals surface area (Å²) in [6.45, 7) is 1.93. The minimum absolute atomic E-state index is 0.222. The molecule has 0 aliphatic rings. The highest BCUT2D eigenvalue weighted by Crippen LogP contribution is 2.27. The Labute approximate surface area is 135 Å². The van der Waals surface area contributed by atoms with E-state index in [0.717, 1.165) is 22.3 Å². The highest BCUT2D eigenvalue weighted by Gasteiger charge is 2.12. The van der Waals surface area contributed by atoms with Gasteiger partial charge in [-0.25, -0.2) is 13.1 Å². The van der Waals surface area contributed by atoms with Crippen LogP contribution in [0.4, 0.5) is 11.4 Å². The van der Waals surface area contributed by atoms with Gasteiger partial charge in [-0.15, -0.1) is 0 Å². The molecular formula is C17H17N3O2S. The van der Waals surface area contributed by atoms with E-state index in [2.05, 4.69) is 15.0 Å². The number of pyridine rings is 1. The van der Waals surface area contributed by atoms with Gasteiger partial charge in [-0.3, -0.25) is 4.98 Å². The minimum atomic E-state index is -3.47. The molecule has 0 fully saturated rings. The quantitative estimate of drug-likeness (QED) is 0.772. The van der Waals surface area contributed by atoms with Gasteiger partial charge in [-0.05, 0) is 44.3 Å². The molecule has 118 valence electrons. The smallest absolute Gasteiger partial charge is 0.240 e. The van der Waals surface area contributed by atoms with Crippen molar-refractivity contribution in [3.05, 3.63) is 60.3 Å². The maximum Gasteiger partial charge on any atom is 0.240 e. The Morgan fingerprint density at radius 3 is 2.57 bits per heavy atom. The number of sulfonamides is 1. The van der Waals surface area contributed by atoms with E-state index < -0.39 is 10.0 Å². The summed E-state index contributed by atoms with van der Waals surface area (Å²) in [6, 6.07) is 16.5. The van der Waals surface area contributed by atoms with E-state index in [1.807, 2.05) is 43.3 Å². The van der Waals surface area contributed by atoms with Gasteiger partial charge in [0.25, 0.3) is 0 Å². The van der Waals surface area contributed by atoms with Crippen LogP contribution in [0.2, 0.25) is 0 Å². The fourth-order valence-corrected chi connectivity index (χ4v) is 3.20. The first kappa shape index (κ1) is 15.5. The highest BCUT2D eigenvalue weighted by molar-refractivity contribution is 7.89. The van der Waals surface area contributed by atoms with Crippen molar-refractivity contribution in [3.8, 4) is 0 Å². The van der Waals surface area contributed by atoms with Crippen molar-refractivity contribution < 1.29 is 8.42 Å². The SMILES string of the molecule is CNS(=O)(=O)c1cccc(Nc2cc(C)nc3ccccc23)c1. The number of aryl methyl sites for hydroxylation is 1. The van der Waals surface area contributed by atoms with Crippen LogP contribution in [0.25, 0.3) is 10.9 Å². The van der Waals surface area contributed by atoms with E-state index in [1.54, 1.807) is 18.2 Å². The highest BCUT2D eigenvalue weighted by atomic mass is 32.2. The molecule has 3 aromatic rings. The van der Waals surface area contributed by atoms with Gasteiger partial charge in [0.15, 0.2) is 0 Å². The van der Waals surface area contributed by atoms with Crippen molar-refractivity contribution in [1.82, 2.24) is 9.71 Å². The van der Waals surface area contributed by atoms with Gasteiger partial charge < -0.3 is 5.32 Å². The lowest BCUT2D eigenvalue weighted by molar-refractivity contribution is 0.588. The number of rotatable bonds is 4. The van der Waals surface area contributed by atoms with Gasteiger partial charge in [0.2, 0.25) is 10.0 Å². The Kier molecular flexibility index (Phi) is 4.02. The van der Waals surface area contributed by atoms with Crippen LogP contribution in [0.5, 0.6) is 0 Å². The topological polar surface area (TPSA) is 71.1 Å². The molecule has 3 rings (SSSR count). The summed E-state index contributed by atoms with van der Waals surface area (Å²) in [6.07, 6.45) is 0. The van der Waals surface area contributed by atoms with E-state index in [0.29, 0.717) is 5.69 Å². The van der Waals surface area contributed by atoms with E-state index >= 15 is 0 Å². The minimum Gasteiger partial charge on any atom is -0.355 e. The second-order valence-corrected chi connectivity index (χ2v) is 7.08.